The molecule has 0 aromatic heterocycles. The zero-order chi connectivity index (χ0) is 8.77. The van der Waals surface area contributed by atoms with Gasteiger partial charge in [0.1, 0.15) is 4.32 Å². The van der Waals surface area contributed by atoms with Crippen LogP contribution in [0.4, 0.5) is 0 Å². The Kier molecular flexibility index (Phi) is 1.94. The lowest BCUT2D eigenvalue weighted by molar-refractivity contribution is -0.144. The highest BCUT2D eigenvalue weighted by molar-refractivity contribution is 9.10. The number of hydrogen-bond acceptors (Lipinski definition) is 2. The average molecular weight is 233 g/mol. The molecule has 0 aliphatic heterocycles. The lowest BCUT2D eigenvalue weighted by Crippen LogP contribution is -2.38. The van der Waals surface area contributed by atoms with Gasteiger partial charge >= 0.3 is 5.97 Å². The van der Waals surface area contributed by atoms with Crippen LogP contribution in [0.5, 0.6) is 0 Å². The van der Waals surface area contributed by atoms with Crippen molar-refractivity contribution in [3.05, 3.63) is 0 Å². The van der Waals surface area contributed by atoms with Gasteiger partial charge in [0, 0.05) is 0 Å². The number of hydrogen-bond donors (Lipinski definition) is 0. The standard InChI is InChI=1S/C9H13BrO2/c1-12-8(11)9(10)5-6-2-3-7(9)4-6/h6-7H,2-5H2,1H3. The van der Waals surface area contributed by atoms with Crippen LogP contribution >= 0.6 is 15.9 Å². The molecule has 0 saturated heterocycles. The smallest absolute Gasteiger partial charge is 0.322 e. The van der Waals surface area contributed by atoms with Gasteiger partial charge in [0.2, 0.25) is 0 Å². The molecule has 68 valence electrons. The van der Waals surface area contributed by atoms with Crippen LogP contribution in [0, 0.1) is 11.8 Å². The molecule has 0 aromatic carbocycles. The van der Waals surface area contributed by atoms with E-state index in [1.54, 1.807) is 0 Å². The number of ether oxygens (including phenoxy) is 1. The van der Waals surface area contributed by atoms with E-state index in [9.17, 15) is 4.79 Å². The third-order valence-electron chi connectivity index (χ3n) is 3.30. The molecule has 2 saturated carbocycles. The topological polar surface area (TPSA) is 26.3 Å². The van der Waals surface area contributed by atoms with Gasteiger partial charge in [0.25, 0.3) is 0 Å². The van der Waals surface area contributed by atoms with E-state index in [1.807, 2.05) is 0 Å². The maximum Gasteiger partial charge on any atom is 0.322 e. The average Bonchev–Trinajstić information content (AvgIpc) is 2.62. The molecular weight excluding hydrogens is 220 g/mol. The summed E-state index contributed by atoms with van der Waals surface area (Å²) in [5.41, 5.74) is 0. The number of methoxy groups -OCH3 is 1. The first kappa shape index (κ1) is 8.54. The number of alkyl halides is 1. The molecular formula is C9H13BrO2. The summed E-state index contributed by atoms with van der Waals surface area (Å²) in [5.74, 6) is 1.21. The molecule has 3 unspecified atom stereocenters. The van der Waals surface area contributed by atoms with E-state index in [0.717, 1.165) is 12.3 Å². The number of carbonyl (C=O) groups is 1. The van der Waals surface area contributed by atoms with Crippen molar-refractivity contribution in [2.24, 2.45) is 11.8 Å². The van der Waals surface area contributed by atoms with Crippen molar-refractivity contribution in [1.82, 2.24) is 0 Å². The lowest BCUT2D eigenvalue weighted by Gasteiger charge is -2.28. The van der Waals surface area contributed by atoms with Gasteiger partial charge in [-0.05, 0) is 31.1 Å². The molecule has 0 spiro atoms. The molecule has 12 heavy (non-hydrogen) atoms. The number of carbonyl (C=O) groups excluding carboxylic acids is 1. The van der Waals surface area contributed by atoms with Crippen LogP contribution in [-0.4, -0.2) is 17.4 Å². The van der Waals surface area contributed by atoms with Gasteiger partial charge in [-0.2, -0.15) is 0 Å². The van der Waals surface area contributed by atoms with Crippen molar-refractivity contribution in [1.29, 1.82) is 0 Å². The molecule has 2 bridgehead atoms. The highest BCUT2D eigenvalue weighted by Gasteiger charge is 2.54. The molecule has 2 aliphatic rings. The van der Waals surface area contributed by atoms with Crippen LogP contribution < -0.4 is 0 Å². The molecule has 0 heterocycles. The van der Waals surface area contributed by atoms with Crippen LogP contribution in [0.25, 0.3) is 0 Å². The van der Waals surface area contributed by atoms with E-state index >= 15 is 0 Å². The Hall–Kier alpha value is -0.0500. The van der Waals surface area contributed by atoms with Gasteiger partial charge in [0.15, 0.2) is 0 Å². The van der Waals surface area contributed by atoms with E-state index in [4.69, 9.17) is 4.74 Å². The second-order valence-corrected chi connectivity index (χ2v) is 5.35. The molecule has 0 N–H and O–H groups in total. The van der Waals surface area contributed by atoms with Crippen molar-refractivity contribution >= 4 is 21.9 Å². The van der Waals surface area contributed by atoms with E-state index in [-0.39, 0.29) is 10.3 Å². The van der Waals surface area contributed by atoms with Crippen LogP contribution in [0.3, 0.4) is 0 Å². The normalized spacial score (nSPS) is 44.8. The third kappa shape index (κ3) is 1.02. The summed E-state index contributed by atoms with van der Waals surface area (Å²) in [4.78, 5) is 11.5. The zero-order valence-corrected chi connectivity index (χ0v) is 8.76. The Morgan fingerprint density at radius 2 is 2.33 bits per heavy atom. The molecule has 2 nitrogen and oxygen atoms in total. The summed E-state index contributed by atoms with van der Waals surface area (Å²) in [6.07, 6.45) is 4.67. The number of halogens is 1. The highest BCUT2D eigenvalue weighted by Crippen LogP contribution is 2.55. The summed E-state index contributed by atoms with van der Waals surface area (Å²) in [6.45, 7) is 0. The monoisotopic (exact) mass is 232 g/mol. The molecule has 2 rings (SSSR count). The number of esters is 1. The van der Waals surface area contributed by atoms with E-state index in [1.165, 1.54) is 26.4 Å². The number of fused-ring (bicyclic) bond motifs is 2. The number of rotatable bonds is 1. The lowest BCUT2D eigenvalue weighted by atomic mass is 9.89. The van der Waals surface area contributed by atoms with Gasteiger partial charge in [0.05, 0.1) is 7.11 Å². The molecule has 2 fully saturated rings. The fraction of sp³-hybridized carbons (Fsp3) is 0.889. The maximum atomic E-state index is 11.5. The quantitative estimate of drug-likeness (QED) is 0.512. The first-order valence-electron chi connectivity index (χ1n) is 4.44. The predicted molar refractivity (Wildman–Crippen MR) is 49.1 cm³/mol. The Labute approximate surface area is 80.8 Å². The predicted octanol–water partition coefficient (Wildman–Crippen LogP) is 2.11. The van der Waals surface area contributed by atoms with Gasteiger partial charge in [-0.15, -0.1) is 0 Å². The van der Waals surface area contributed by atoms with Crippen LogP contribution in [0.1, 0.15) is 25.7 Å². The van der Waals surface area contributed by atoms with Gasteiger partial charge in [-0.25, -0.2) is 0 Å². The van der Waals surface area contributed by atoms with Crippen LogP contribution in [0.15, 0.2) is 0 Å². The SMILES string of the molecule is COC(=O)C1(Br)CC2CCC1C2. The van der Waals surface area contributed by atoms with Gasteiger partial charge in [-0.1, -0.05) is 22.4 Å². The Balaban J connectivity index is 2.17. The van der Waals surface area contributed by atoms with Crippen LogP contribution in [-0.2, 0) is 9.53 Å². The second-order valence-electron chi connectivity index (χ2n) is 3.93. The van der Waals surface area contributed by atoms with Crippen molar-refractivity contribution in [3.63, 3.8) is 0 Å². The van der Waals surface area contributed by atoms with Crippen molar-refractivity contribution in [3.8, 4) is 0 Å². The summed E-state index contributed by atoms with van der Waals surface area (Å²) >= 11 is 3.55. The third-order valence-corrected chi connectivity index (χ3v) is 4.59. The molecule has 0 amide bonds. The van der Waals surface area contributed by atoms with Crippen molar-refractivity contribution < 1.29 is 9.53 Å². The molecule has 2 aliphatic carbocycles. The molecule has 3 heteroatoms. The van der Waals surface area contributed by atoms with E-state index in [2.05, 4.69) is 15.9 Å². The van der Waals surface area contributed by atoms with Crippen molar-refractivity contribution in [2.75, 3.05) is 7.11 Å². The van der Waals surface area contributed by atoms with Crippen LogP contribution in [0.2, 0.25) is 0 Å². The van der Waals surface area contributed by atoms with Gasteiger partial charge in [-0.3, -0.25) is 4.79 Å². The second kappa shape index (κ2) is 2.72. The summed E-state index contributed by atoms with van der Waals surface area (Å²) < 4.78 is 4.48. The minimum atomic E-state index is -0.329. The Morgan fingerprint density at radius 1 is 1.58 bits per heavy atom. The minimum Gasteiger partial charge on any atom is -0.468 e. The Morgan fingerprint density at radius 3 is 2.75 bits per heavy atom. The fourth-order valence-corrected chi connectivity index (χ4v) is 3.72. The summed E-state index contributed by atoms with van der Waals surface area (Å²) in [5, 5.41) is 0. The first-order chi connectivity index (χ1) is 5.66. The summed E-state index contributed by atoms with van der Waals surface area (Å²) in [6, 6.07) is 0. The first-order valence-corrected chi connectivity index (χ1v) is 5.23. The fourth-order valence-electron chi connectivity index (χ4n) is 2.68. The largest absolute Gasteiger partial charge is 0.468 e. The summed E-state index contributed by atoms with van der Waals surface area (Å²) in [7, 11) is 1.47. The Bertz CT molecular complexity index is 217. The zero-order valence-electron chi connectivity index (χ0n) is 7.18. The molecule has 0 aromatic rings. The highest BCUT2D eigenvalue weighted by atomic mass is 79.9. The van der Waals surface area contributed by atoms with Crippen molar-refractivity contribution in [2.45, 2.75) is 30.0 Å². The maximum absolute atomic E-state index is 11.5. The van der Waals surface area contributed by atoms with Gasteiger partial charge < -0.3 is 4.74 Å². The minimum absolute atomic E-state index is 0.0744. The van der Waals surface area contributed by atoms with E-state index in [0.29, 0.717) is 5.92 Å². The molecule has 0 radical (unpaired) electrons. The molecule has 3 atom stereocenters. The van der Waals surface area contributed by atoms with E-state index < -0.39 is 0 Å².